The number of aliphatic carboxylic acids is 2. The Kier molecular flexibility index (Phi) is 18.0. The molecule has 0 radical (unpaired) electrons. The van der Waals surface area contributed by atoms with E-state index < -0.39 is 94.6 Å². The first kappa shape index (κ1) is 50.0. The van der Waals surface area contributed by atoms with Crippen molar-refractivity contribution in [2.75, 3.05) is 40.2 Å². The third-order valence-corrected chi connectivity index (χ3v) is 12.3. The van der Waals surface area contributed by atoms with Gasteiger partial charge in [-0.25, -0.2) is 0 Å². The van der Waals surface area contributed by atoms with Crippen molar-refractivity contribution in [1.82, 2.24) is 16.0 Å². The van der Waals surface area contributed by atoms with Crippen LogP contribution in [0.25, 0.3) is 33.4 Å². The van der Waals surface area contributed by atoms with Gasteiger partial charge in [-0.3, -0.25) is 19.2 Å². The van der Waals surface area contributed by atoms with Gasteiger partial charge in [0.05, 0.1) is 36.2 Å². The van der Waals surface area contributed by atoms with Crippen molar-refractivity contribution in [2.45, 2.75) is 31.3 Å². The molecule has 3 aromatic carbocycles. The molecule has 0 spiro atoms. The minimum absolute atomic E-state index is 0.0328. The van der Waals surface area contributed by atoms with Crippen LogP contribution in [0.4, 0.5) is 11.4 Å². The van der Waals surface area contributed by atoms with Gasteiger partial charge in [0.2, 0.25) is 11.8 Å². The molecule has 0 unspecified atom stereocenters. The topological polar surface area (TPSA) is 336 Å². The van der Waals surface area contributed by atoms with Gasteiger partial charge in [0.15, 0.2) is 5.43 Å². The van der Waals surface area contributed by atoms with Crippen LogP contribution in [-0.2, 0) is 37.3 Å². The summed E-state index contributed by atoms with van der Waals surface area (Å²) in [7, 11) is 0. The van der Waals surface area contributed by atoms with E-state index in [1.807, 2.05) is 0 Å². The number of fused-ring (bicyclic) bond motifs is 2. The van der Waals surface area contributed by atoms with E-state index in [1.54, 1.807) is 24.3 Å². The van der Waals surface area contributed by atoms with Gasteiger partial charge >= 0.3 is 126 Å². The molecule has 0 saturated carbocycles. The summed E-state index contributed by atoms with van der Waals surface area (Å²) in [5.41, 5.74) is 0.829. The van der Waals surface area contributed by atoms with E-state index in [0.717, 1.165) is 23.5 Å². The van der Waals surface area contributed by atoms with Crippen molar-refractivity contribution >= 4 is 113 Å². The number of aromatic carboxylic acids is 1. The number of benzene rings is 4. The molecule has 0 aromatic heterocycles. The maximum atomic E-state index is 12.8. The van der Waals surface area contributed by atoms with Gasteiger partial charge in [-0.2, -0.15) is 11.8 Å². The van der Waals surface area contributed by atoms with Crippen LogP contribution in [0.15, 0.2) is 88.1 Å². The predicted molar refractivity (Wildman–Crippen MR) is 233 cm³/mol. The Morgan fingerprint density at radius 2 is 1.35 bits per heavy atom. The zero-order valence-corrected chi connectivity index (χ0v) is 37.7. The van der Waals surface area contributed by atoms with Crippen LogP contribution < -0.4 is 56.8 Å². The summed E-state index contributed by atoms with van der Waals surface area (Å²) in [6.45, 7) is -0.874. The monoisotopic (exact) mass is 1000 g/mol. The Bertz CT molecular complexity index is 2710. The first-order chi connectivity index (χ1) is 31.5. The molecular formula is C43H36AsN5O15S2-4. The molecule has 66 heavy (non-hydrogen) atoms. The van der Waals surface area contributed by atoms with Gasteiger partial charge in [0, 0.05) is 52.4 Å². The van der Waals surface area contributed by atoms with Crippen molar-refractivity contribution in [3.05, 3.63) is 94.6 Å². The summed E-state index contributed by atoms with van der Waals surface area (Å²) in [4.78, 5) is 111. The summed E-state index contributed by atoms with van der Waals surface area (Å²) >= 11 is 0.694. The molecule has 1 heterocycles. The van der Waals surface area contributed by atoms with Gasteiger partial charge in [0.25, 0.3) is 0 Å². The van der Waals surface area contributed by atoms with E-state index in [2.05, 4.69) is 26.6 Å². The fourth-order valence-electron chi connectivity index (χ4n) is 6.27. The summed E-state index contributed by atoms with van der Waals surface area (Å²) in [5.74, 6) is -9.27. The van der Waals surface area contributed by atoms with Crippen LogP contribution in [0, 0.1) is 0 Å². The van der Waals surface area contributed by atoms with Crippen LogP contribution in [-0.4, -0.2) is 105 Å². The minimum atomic E-state index is -1.71. The first-order valence-corrected chi connectivity index (χ1v) is 23.5. The second kappa shape index (κ2) is 23.8. The Balaban J connectivity index is 1.10. The molecule has 3 aromatic rings. The van der Waals surface area contributed by atoms with Crippen molar-refractivity contribution in [3.63, 3.8) is 0 Å². The molecule has 5 rings (SSSR count). The van der Waals surface area contributed by atoms with Crippen molar-refractivity contribution in [2.24, 2.45) is 0 Å². The maximum absolute atomic E-state index is 12.8. The third-order valence-electron chi connectivity index (χ3n) is 9.28. The quantitative estimate of drug-likeness (QED) is 0.0256. The van der Waals surface area contributed by atoms with E-state index >= 15 is 0 Å². The Labute approximate surface area is 388 Å². The molecule has 20 nitrogen and oxygen atoms in total. The number of hydrogen-bond acceptors (Lipinski definition) is 17. The number of hydrogen-bond donors (Lipinski definition) is 5. The number of carboxylic acid groups (broad SMARTS) is 3. The standard InChI is InChI=1S/C43H40AsN5O15S2/c50-25-6-9-28-33(16-25)64-34-17-26(51)7-10-29(34)40(28)27-8-5-24(15-30(27)42(59)60)47-37(54)20-65-14-13-36(53)48-31(43(61)62)11-12-35(52)49-32(41(58)45-18-39(56)57)19-66-21-38(55)46-23-3-1-22(44-63)2-4-23/h1-10,15-17,31-32,50H,11-14,18-21H2,(H,45,58)(H,46,55)(H,47,54)(H,48,53)(H,49,52)(H,56,57)(H,59,60)(H,61,62)/p-4/t31-,32-/m0/s1. The summed E-state index contributed by atoms with van der Waals surface area (Å²) < 4.78 is 17.5. The average molecular weight is 1000 g/mol. The first-order valence-electron chi connectivity index (χ1n) is 19.5. The molecule has 2 aliphatic rings. The van der Waals surface area contributed by atoms with Crippen LogP contribution >= 0.6 is 23.5 Å². The van der Waals surface area contributed by atoms with Crippen molar-refractivity contribution in [3.8, 4) is 28.2 Å². The van der Waals surface area contributed by atoms with Gasteiger partial charge in [0.1, 0.15) is 11.3 Å². The summed E-state index contributed by atoms with van der Waals surface area (Å²) in [6, 6.07) is 15.3. The number of rotatable bonds is 23. The third kappa shape index (κ3) is 14.5. The molecule has 23 heteroatoms. The van der Waals surface area contributed by atoms with Crippen LogP contribution in [0.3, 0.4) is 0 Å². The molecular weight excluding hydrogens is 966 g/mol. The number of carbonyl (C=O) groups is 8. The van der Waals surface area contributed by atoms with Gasteiger partial charge < -0.3 is 49.9 Å². The second-order valence-corrected chi connectivity index (χ2v) is 17.7. The summed E-state index contributed by atoms with van der Waals surface area (Å²) in [6.07, 6.45) is -1.25. The van der Waals surface area contributed by atoms with Crippen LogP contribution in [0.1, 0.15) is 29.6 Å². The van der Waals surface area contributed by atoms with E-state index in [4.69, 9.17) is 4.42 Å². The number of thioether (sulfide) groups is 2. The molecule has 344 valence electrons. The van der Waals surface area contributed by atoms with E-state index in [0.29, 0.717) is 26.6 Å². The molecule has 0 fully saturated rings. The van der Waals surface area contributed by atoms with Crippen LogP contribution in [0.2, 0.25) is 0 Å². The molecule has 1 aliphatic carbocycles. The molecule has 5 N–H and O–H groups in total. The van der Waals surface area contributed by atoms with Crippen molar-refractivity contribution < 1.29 is 66.9 Å². The Morgan fingerprint density at radius 3 is 2.03 bits per heavy atom. The molecule has 0 bridgehead atoms. The molecule has 5 amide bonds. The number of nitrogens with one attached hydrogen (secondary N) is 5. The Hall–Kier alpha value is -7.03. The fraction of sp³-hybridized carbons (Fsp3) is 0.233. The Morgan fingerprint density at radius 1 is 0.697 bits per heavy atom. The second-order valence-electron chi connectivity index (χ2n) is 14.1. The van der Waals surface area contributed by atoms with Crippen LogP contribution in [0.5, 0.6) is 5.75 Å². The fourth-order valence-corrected chi connectivity index (χ4v) is 8.42. The van der Waals surface area contributed by atoms with E-state index in [9.17, 15) is 67.3 Å². The molecule has 1 aliphatic heterocycles. The van der Waals surface area contributed by atoms with E-state index in [-0.39, 0.29) is 68.8 Å². The number of anilines is 2. The van der Waals surface area contributed by atoms with Gasteiger partial charge in [-0.05, 0) is 42.3 Å². The van der Waals surface area contributed by atoms with E-state index in [1.165, 1.54) is 54.6 Å². The number of carbonyl (C=O) groups excluding carboxylic acids is 8. The van der Waals surface area contributed by atoms with Gasteiger partial charge in [-0.1, -0.05) is 18.2 Å². The SMILES string of the molecule is O=[As]c1ccc(NC(=O)CSC[C@H](NC(=O)CC[C@H](NC(=O)CCSCC(=O)Nc2ccc(-c3c4ccc(=O)cc-4oc4cc([O-])ccc34)c(C(=O)[O-])c2)C(=O)[O-])C(=O)NCC(=O)[O-])cc1. The average Bonchev–Trinajstić information content (AvgIpc) is 3.27. The number of amides is 5. The number of carboxylic acids is 3. The molecule has 0 saturated heterocycles. The predicted octanol–water partition coefficient (Wildman–Crippen LogP) is -2.52. The zero-order chi connectivity index (χ0) is 47.9. The van der Waals surface area contributed by atoms with Gasteiger partial charge in [-0.15, -0.1) is 5.75 Å². The summed E-state index contributed by atoms with van der Waals surface area (Å²) in [5, 5.41) is 59.4. The molecule has 2 atom stereocenters. The van der Waals surface area contributed by atoms with Crippen molar-refractivity contribution in [1.29, 1.82) is 0 Å². The normalized spacial score (nSPS) is 11.9. The zero-order valence-electron chi connectivity index (χ0n) is 34.2.